The molecule has 6 nitrogen and oxygen atoms in total. The number of alkyl halides is 3. The number of hydrogen-bond donors (Lipinski definition) is 1. The third-order valence-corrected chi connectivity index (χ3v) is 6.41. The summed E-state index contributed by atoms with van der Waals surface area (Å²) >= 11 is 5.96. The minimum atomic E-state index is -4.55. The zero-order valence-corrected chi connectivity index (χ0v) is 18.7. The number of anilines is 2. The summed E-state index contributed by atoms with van der Waals surface area (Å²) in [7, 11) is 0. The van der Waals surface area contributed by atoms with Crippen molar-refractivity contribution >= 4 is 34.8 Å². The van der Waals surface area contributed by atoms with Gasteiger partial charge in [-0.1, -0.05) is 12.1 Å². The number of rotatable bonds is 3. The molecule has 1 aliphatic carbocycles. The number of benzene rings is 2. The highest BCUT2D eigenvalue weighted by molar-refractivity contribution is 6.28. The topological polar surface area (TPSA) is 75.2 Å². The molecular formula is C24H18ClF3N4O2. The highest BCUT2D eigenvalue weighted by atomic mass is 35.5. The first kappa shape index (κ1) is 22.3. The summed E-state index contributed by atoms with van der Waals surface area (Å²) in [6, 6.07) is 9.25. The summed E-state index contributed by atoms with van der Waals surface area (Å²) in [4.78, 5) is 36.1. The van der Waals surface area contributed by atoms with Crippen molar-refractivity contribution < 1.29 is 22.8 Å². The Kier molecular flexibility index (Phi) is 5.12. The molecule has 2 aliphatic rings. The van der Waals surface area contributed by atoms with E-state index in [-0.39, 0.29) is 23.3 Å². The van der Waals surface area contributed by atoms with Crippen LogP contribution in [0.3, 0.4) is 0 Å². The molecule has 1 spiro atoms. The second-order valence-corrected chi connectivity index (χ2v) is 8.86. The van der Waals surface area contributed by atoms with Crippen LogP contribution >= 0.6 is 11.6 Å². The van der Waals surface area contributed by atoms with E-state index in [0.717, 1.165) is 23.3 Å². The normalized spacial score (nSPS) is 16.4. The fraction of sp³-hybridized carbons (Fsp3) is 0.250. The van der Waals surface area contributed by atoms with E-state index in [0.29, 0.717) is 29.9 Å². The highest BCUT2D eigenvalue weighted by Gasteiger charge is 2.58. The number of nitrogens with zero attached hydrogens (tertiary/aromatic N) is 3. The van der Waals surface area contributed by atoms with Gasteiger partial charge in [0.15, 0.2) is 0 Å². The monoisotopic (exact) mass is 486 g/mol. The highest BCUT2D eigenvalue weighted by Crippen LogP contribution is 2.53. The maximum Gasteiger partial charge on any atom is 0.416 e. The van der Waals surface area contributed by atoms with Gasteiger partial charge in [0, 0.05) is 28.7 Å². The molecule has 1 saturated carbocycles. The van der Waals surface area contributed by atoms with Gasteiger partial charge in [0.25, 0.3) is 5.91 Å². The predicted octanol–water partition coefficient (Wildman–Crippen LogP) is 5.29. The number of carbonyl (C=O) groups excluding carboxylic acids is 2. The quantitative estimate of drug-likeness (QED) is 0.511. The zero-order chi connectivity index (χ0) is 24.3. The van der Waals surface area contributed by atoms with Gasteiger partial charge in [-0.2, -0.15) is 13.2 Å². The minimum Gasteiger partial charge on any atom is -0.322 e. The van der Waals surface area contributed by atoms with Crippen molar-refractivity contribution in [1.29, 1.82) is 0 Å². The SMILES string of the molecule is Cc1ccc(NC(=O)c2cccc(C(F)(F)F)c2)cc1N1Cc2cnc(Cl)nc2C2(CC2)C1=O. The smallest absolute Gasteiger partial charge is 0.322 e. The maximum atomic E-state index is 13.5. The number of hydrogen-bond acceptors (Lipinski definition) is 4. The third-order valence-electron chi connectivity index (χ3n) is 6.23. The summed E-state index contributed by atoms with van der Waals surface area (Å²) in [6.07, 6.45) is -1.61. The van der Waals surface area contributed by atoms with E-state index in [4.69, 9.17) is 11.6 Å². The van der Waals surface area contributed by atoms with Crippen molar-refractivity contribution in [2.24, 2.45) is 0 Å². The number of nitrogens with one attached hydrogen (secondary N) is 1. The number of aromatic nitrogens is 2. The van der Waals surface area contributed by atoms with Gasteiger partial charge in [-0.25, -0.2) is 9.97 Å². The van der Waals surface area contributed by atoms with E-state index in [1.165, 1.54) is 12.1 Å². The van der Waals surface area contributed by atoms with Crippen LogP contribution in [0, 0.1) is 6.92 Å². The Morgan fingerprint density at radius 3 is 2.65 bits per heavy atom. The van der Waals surface area contributed by atoms with Crippen molar-refractivity contribution in [3.05, 3.63) is 81.9 Å². The van der Waals surface area contributed by atoms with Gasteiger partial charge in [-0.05, 0) is 67.3 Å². The second-order valence-electron chi connectivity index (χ2n) is 8.52. The number of fused-ring (bicyclic) bond motifs is 2. The first-order chi connectivity index (χ1) is 16.1. The molecular weight excluding hydrogens is 469 g/mol. The van der Waals surface area contributed by atoms with Crippen molar-refractivity contribution in [3.63, 3.8) is 0 Å². The molecule has 10 heteroatoms. The van der Waals surface area contributed by atoms with Crippen molar-refractivity contribution in [2.45, 2.75) is 37.9 Å². The molecule has 1 aromatic heterocycles. The van der Waals surface area contributed by atoms with Gasteiger partial charge < -0.3 is 10.2 Å². The molecule has 174 valence electrons. The fourth-order valence-corrected chi connectivity index (χ4v) is 4.44. The molecule has 3 aromatic rings. The first-order valence-corrected chi connectivity index (χ1v) is 10.9. The van der Waals surface area contributed by atoms with Crippen LogP contribution in [0.5, 0.6) is 0 Å². The van der Waals surface area contributed by atoms with Crippen LogP contribution in [0.2, 0.25) is 5.28 Å². The number of carbonyl (C=O) groups is 2. The van der Waals surface area contributed by atoms with Crippen LogP contribution in [0.1, 0.15) is 45.6 Å². The van der Waals surface area contributed by atoms with E-state index in [2.05, 4.69) is 15.3 Å². The average Bonchev–Trinajstić information content (AvgIpc) is 3.60. The Bertz CT molecular complexity index is 1340. The van der Waals surface area contributed by atoms with E-state index >= 15 is 0 Å². The molecule has 0 radical (unpaired) electrons. The third kappa shape index (κ3) is 3.79. The second kappa shape index (κ2) is 7.80. The van der Waals surface area contributed by atoms with Gasteiger partial charge in [0.2, 0.25) is 11.2 Å². The van der Waals surface area contributed by atoms with E-state index in [9.17, 15) is 22.8 Å². The van der Waals surface area contributed by atoms with Crippen LogP contribution in [0.15, 0.2) is 48.7 Å². The molecule has 2 amide bonds. The molecule has 5 rings (SSSR count). The molecule has 2 aromatic carbocycles. The van der Waals surface area contributed by atoms with E-state index in [1.54, 1.807) is 29.3 Å². The van der Waals surface area contributed by atoms with E-state index in [1.807, 2.05) is 6.92 Å². The Morgan fingerprint density at radius 1 is 1.18 bits per heavy atom. The van der Waals surface area contributed by atoms with Crippen molar-refractivity contribution in [1.82, 2.24) is 9.97 Å². The lowest BCUT2D eigenvalue weighted by molar-refractivity contribution is -0.137. The Hall–Kier alpha value is -3.46. The molecule has 0 saturated heterocycles. The maximum absolute atomic E-state index is 13.5. The summed E-state index contributed by atoms with van der Waals surface area (Å²) in [5.74, 6) is -0.780. The molecule has 1 aliphatic heterocycles. The lowest BCUT2D eigenvalue weighted by Crippen LogP contribution is -2.45. The molecule has 2 heterocycles. The summed E-state index contributed by atoms with van der Waals surface area (Å²) in [6.45, 7) is 2.09. The van der Waals surface area contributed by atoms with Crippen molar-refractivity contribution in [2.75, 3.05) is 10.2 Å². The number of halogens is 4. The fourth-order valence-electron chi connectivity index (χ4n) is 4.31. The molecule has 0 atom stereocenters. The Morgan fingerprint density at radius 2 is 1.94 bits per heavy atom. The van der Waals surface area contributed by atoms with Gasteiger partial charge in [0.05, 0.1) is 23.2 Å². The van der Waals surface area contributed by atoms with Crippen LogP contribution in [0.4, 0.5) is 24.5 Å². The molecule has 34 heavy (non-hydrogen) atoms. The van der Waals surface area contributed by atoms with Crippen LogP contribution < -0.4 is 10.2 Å². The summed E-state index contributed by atoms with van der Waals surface area (Å²) in [5, 5.41) is 2.73. The average molecular weight is 487 g/mol. The van der Waals surface area contributed by atoms with Crippen molar-refractivity contribution in [3.8, 4) is 0 Å². The van der Waals surface area contributed by atoms with Crippen LogP contribution in [-0.4, -0.2) is 21.8 Å². The molecule has 1 N–H and O–H groups in total. The number of amides is 2. The Labute approximate surface area is 197 Å². The summed E-state index contributed by atoms with van der Waals surface area (Å²) in [5.41, 5.74) is 1.49. The minimum absolute atomic E-state index is 0.0979. The van der Waals surface area contributed by atoms with Gasteiger partial charge >= 0.3 is 6.18 Å². The van der Waals surface area contributed by atoms with Crippen LogP contribution in [-0.2, 0) is 22.9 Å². The first-order valence-electron chi connectivity index (χ1n) is 10.5. The Balaban J connectivity index is 1.45. The van der Waals surface area contributed by atoms with Gasteiger partial charge in [0.1, 0.15) is 0 Å². The van der Waals surface area contributed by atoms with Gasteiger partial charge in [-0.3, -0.25) is 9.59 Å². The molecule has 0 unspecified atom stereocenters. The zero-order valence-electron chi connectivity index (χ0n) is 17.9. The predicted molar refractivity (Wildman–Crippen MR) is 120 cm³/mol. The standard InChI is InChI=1S/C24H18ClF3N4O2/c1-13-5-6-17(30-20(33)14-3-2-4-16(9-14)24(26,27)28)10-18(13)32-12-15-11-29-22(25)31-19(15)23(7-8-23)21(32)34/h2-6,9-11H,7-8,12H2,1H3,(H,30,33). The molecule has 0 bridgehead atoms. The summed E-state index contributed by atoms with van der Waals surface area (Å²) < 4.78 is 39.0. The molecule has 1 fully saturated rings. The van der Waals surface area contributed by atoms with Gasteiger partial charge in [-0.15, -0.1) is 0 Å². The lowest BCUT2D eigenvalue weighted by atomic mass is 9.91. The largest absolute Gasteiger partial charge is 0.416 e. The van der Waals surface area contributed by atoms with Crippen LogP contribution in [0.25, 0.3) is 0 Å². The number of aryl methyl sites for hydroxylation is 1. The lowest BCUT2D eigenvalue weighted by Gasteiger charge is -2.34. The van der Waals surface area contributed by atoms with E-state index < -0.39 is 23.1 Å².